The van der Waals surface area contributed by atoms with E-state index in [0.29, 0.717) is 0 Å². The second-order valence-electron chi connectivity index (χ2n) is 6.87. The number of halogens is 1. The van der Waals surface area contributed by atoms with Gasteiger partial charge in [-0.15, -0.1) is 0 Å². The fourth-order valence-electron chi connectivity index (χ4n) is 3.13. The molecular formula is C18H26BrNO. The summed E-state index contributed by atoms with van der Waals surface area (Å²) >= 11 is 3.66. The molecule has 0 spiro atoms. The van der Waals surface area contributed by atoms with Crippen LogP contribution in [0.2, 0.25) is 0 Å². The summed E-state index contributed by atoms with van der Waals surface area (Å²) < 4.78 is 0. The van der Waals surface area contributed by atoms with Gasteiger partial charge in [0.2, 0.25) is 5.91 Å². The van der Waals surface area contributed by atoms with Crippen LogP contribution in [-0.4, -0.2) is 17.8 Å². The van der Waals surface area contributed by atoms with E-state index < -0.39 is 5.41 Å². The molecule has 1 aliphatic rings. The zero-order valence-electron chi connectivity index (χ0n) is 13.1. The van der Waals surface area contributed by atoms with Crippen molar-refractivity contribution >= 4 is 21.8 Å². The number of hydrogen-bond donors (Lipinski definition) is 1. The van der Waals surface area contributed by atoms with Gasteiger partial charge in [0.1, 0.15) is 0 Å². The van der Waals surface area contributed by atoms with Gasteiger partial charge in [-0.1, -0.05) is 65.5 Å². The number of carbonyl (C=O) groups excluding carboxylic acids is 1. The highest BCUT2D eigenvalue weighted by Gasteiger charge is 2.34. The standard InChI is InChI=1S/C18H26BrNO/c1-17(2,15-9-5-3-6-10-15)16(21)20-14-18(13-19)11-7-4-8-12-18/h3,5-6,9-10H,4,7-8,11-14H2,1-2H3,(H,20,21). The minimum atomic E-state index is -0.483. The zero-order chi connectivity index (χ0) is 15.3. The molecular weight excluding hydrogens is 326 g/mol. The van der Waals surface area contributed by atoms with Gasteiger partial charge in [0, 0.05) is 11.9 Å². The van der Waals surface area contributed by atoms with Crippen LogP contribution >= 0.6 is 15.9 Å². The van der Waals surface area contributed by atoms with Crippen molar-refractivity contribution in [3.63, 3.8) is 0 Å². The number of alkyl halides is 1. The molecule has 1 aliphatic carbocycles. The van der Waals surface area contributed by atoms with Crippen LogP contribution in [0.1, 0.15) is 51.5 Å². The van der Waals surface area contributed by atoms with Crippen LogP contribution in [0.5, 0.6) is 0 Å². The lowest BCUT2D eigenvalue weighted by molar-refractivity contribution is -0.126. The Labute approximate surface area is 136 Å². The zero-order valence-corrected chi connectivity index (χ0v) is 14.7. The molecule has 0 atom stereocenters. The van der Waals surface area contributed by atoms with Crippen LogP contribution in [0.25, 0.3) is 0 Å². The predicted molar refractivity (Wildman–Crippen MR) is 91.8 cm³/mol. The van der Waals surface area contributed by atoms with Crippen LogP contribution in [0, 0.1) is 5.41 Å². The lowest BCUT2D eigenvalue weighted by Gasteiger charge is -2.37. The van der Waals surface area contributed by atoms with Gasteiger partial charge in [-0.2, -0.15) is 0 Å². The number of amides is 1. The average Bonchev–Trinajstić information content (AvgIpc) is 2.54. The van der Waals surface area contributed by atoms with Gasteiger partial charge in [-0.25, -0.2) is 0 Å². The van der Waals surface area contributed by atoms with E-state index in [1.165, 1.54) is 32.1 Å². The van der Waals surface area contributed by atoms with Gasteiger partial charge in [0.25, 0.3) is 0 Å². The lowest BCUT2D eigenvalue weighted by atomic mass is 9.75. The van der Waals surface area contributed by atoms with E-state index in [9.17, 15) is 4.79 Å². The third-order valence-corrected chi connectivity index (χ3v) is 6.07. The quantitative estimate of drug-likeness (QED) is 0.781. The van der Waals surface area contributed by atoms with Crippen molar-refractivity contribution in [2.24, 2.45) is 5.41 Å². The van der Waals surface area contributed by atoms with Crippen molar-refractivity contribution in [1.29, 1.82) is 0 Å². The molecule has 0 heterocycles. The molecule has 1 saturated carbocycles. The fourth-order valence-corrected chi connectivity index (χ4v) is 3.89. The van der Waals surface area contributed by atoms with E-state index in [4.69, 9.17) is 0 Å². The van der Waals surface area contributed by atoms with E-state index >= 15 is 0 Å². The van der Waals surface area contributed by atoms with Gasteiger partial charge in [0.05, 0.1) is 5.41 Å². The Morgan fingerprint density at radius 2 is 1.81 bits per heavy atom. The predicted octanol–water partition coefficient (Wildman–Crippen LogP) is 4.43. The minimum Gasteiger partial charge on any atom is -0.355 e. The van der Waals surface area contributed by atoms with Gasteiger partial charge < -0.3 is 5.32 Å². The van der Waals surface area contributed by atoms with Crippen molar-refractivity contribution in [3.05, 3.63) is 35.9 Å². The summed E-state index contributed by atoms with van der Waals surface area (Å²) in [5.74, 6) is 0.125. The maximum absolute atomic E-state index is 12.6. The molecule has 1 aromatic carbocycles. The highest BCUT2D eigenvalue weighted by molar-refractivity contribution is 9.09. The first-order chi connectivity index (χ1) is 10.0. The molecule has 1 N–H and O–H groups in total. The average molecular weight is 352 g/mol. The van der Waals surface area contributed by atoms with Crippen LogP contribution in [0.4, 0.5) is 0 Å². The Morgan fingerprint density at radius 1 is 1.19 bits per heavy atom. The molecule has 0 aliphatic heterocycles. The first kappa shape index (κ1) is 16.5. The molecule has 0 saturated heterocycles. The Bertz CT molecular complexity index is 463. The van der Waals surface area contributed by atoms with Gasteiger partial charge in [-0.3, -0.25) is 4.79 Å². The minimum absolute atomic E-state index is 0.125. The van der Waals surface area contributed by atoms with Crippen LogP contribution < -0.4 is 5.32 Å². The molecule has 2 rings (SSSR count). The summed E-state index contributed by atoms with van der Waals surface area (Å²) in [5.41, 5.74) is 0.837. The maximum Gasteiger partial charge on any atom is 0.230 e. The van der Waals surface area contributed by atoms with Gasteiger partial charge >= 0.3 is 0 Å². The maximum atomic E-state index is 12.6. The fraction of sp³-hybridized carbons (Fsp3) is 0.611. The summed E-state index contributed by atoms with van der Waals surface area (Å²) in [4.78, 5) is 12.6. The summed E-state index contributed by atoms with van der Waals surface area (Å²) in [5, 5.41) is 4.19. The molecule has 21 heavy (non-hydrogen) atoms. The first-order valence-corrected chi connectivity index (χ1v) is 9.02. The highest BCUT2D eigenvalue weighted by Crippen LogP contribution is 2.37. The summed E-state index contributed by atoms with van der Waals surface area (Å²) in [6.07, 6.45) is 6.32. The highest BCUT2D eigenvalue weighted by atomic mass is 79.9. The van der Waals surface area contributed by atoms with Crippen molar-refractivity contribution in [1.82, 2.24) is 5.32 Å². The van der Waals surface area contributed by atoms with Gasteiger partial charge in [-0.05, 0) is 37.7 Å². The van der Waals surface area contributed by atoms with Crippen LogP contribution in [-0.2, 0) is 10.2 Å². The monoisotopic (exact) mass is 351 g/mol. The summed E-state index contributed by atoms with van der Waals surface area (Å²) in [7, 11) is 0. The van der Waals surface area contributed by atoms with Crippen molar-refractivity contribution in [2.45, 2.75) is 51.4 Å². The van der Waals surface area contributed by atoms with E-state index in [-0.39, 0.29) is 11.3 Å². The molecule has 3 heteroatoms. The molecule has 116 valence electrons. The summed E-state index contributed by atoms with van der Waals surface area (Å²) in [6, 6.07) is 10.0. The van der Waals surface area contributed by atoms with Crippen molar-refractivity contribution in [3.8, 4) is 0 Å². The first-order valence-electron chi connectivity index (χ1n) is 7.90. The smallest absolute Gasteiger partial charge is 0.230 e. The van der Waals surface area contributed by atoms with Crippen molar-refractivity contribution in [2.75, 3.05) is 11.9 Å². The topological polar surface area (TPSA) is 29.1 Å². The molecule has 1 fully saturated rings. The van der Waals surface area contributed by atoms with Crippen molar-refractivity contribution < 1.29 is 4.79 Å². The van der Waals surface area contributed by atoms with E-state index in [1.807, 2.05) is 44.2 Å². The third-order valence-electron chi connectivity index (χ3n) is 4.88. The Hall–Kier alpha value is -0.830. The Morgan fingerprint density at radius 3 is 2.38 bits per heavy atom. The molecule has 0 aromatic heterocycles. The van der Waals surface area contributed by atoms with Crippen LogP contribution in [0.3, 0.4) is 0 Å². The molecule has 0 unspecified atom stereocenters. The molecule has 1 aromatic rings. The molecule has 0 radical (unpaired) electrons. The summed E-state index contributed by atoms with van der Waals surface area (Å²) in [6.45, 7) is 4.78. The number of carbonyl (C=O) groups is 1. The third kappa shape index (κ3) is 3.88. The Kier molecular flexibility index (Phi) is 5.48. The number of rotatable bonds is 5. The number of nitrogens with one attached hydrogen (secondary N) is 1. The van der Waals surface area contributed by atoms with Crippen LogP contribution in [0.15, 0.2) is 30.3 Å². The normalized spacial score (nSPS) is 18.2. The van der Waals surface area contributed by atoms with Gasteiger partial charge in [0.15, 0.2) is 0 Å². The second-order valence-corrected chi connectivity index (χ2v) is 7.43. The molecule has 2 nitrogen and oxygen atoms in total. The lowest BCUT2D eigenvalue weighted by Crippen LogP contribution is -2.46. The molecule has 1 amide bonds. The number of hydrogen-bond acceptors (Lipinski definition) is 1. The molecule has 0 bridgehead atoms. The SMILES string of the molecule is CC(C)(C(=O)NCC1(CBr)CCCCC1)c1ccccc1. The van der Waals surface area contributed by atoms with E-state index in [1.54, 1.807) is 0 Å². The second kappa shape index (κ2) is 6.95. The largest absolute Gasteiger partial charge is 0.355 e. The van der Waals surface area contributed by atoms with E-state index in [2.05, 4.69) is 21.2 Å². The van der Waals surface area contributed by atoms with E-state index in [0.717, 1.165) is 17.4 Å². The number of benzene rings is 1. The Balaban J connectivity index is 2.00.